The molecule has 1 aliphatic rings. The van der Waals surface area contributed by atoms with Crippen molar-refractivity contribution in [1.29, 1.82) is 0 Å². The molecule has 0 saturated carbocycles. The van der Waals surface area contributed by atoms with E-state index in [1.165, 1.54) is 16.7 Å². The molecule has 0 fully saturated rings. The zero-order valence-electron chi connectivity index (χ0n) is 12.5. The second kappa shape index (κ2) is 7.09. The van der Waals surface area contributed by atoms with Gasteiger partial charge in [0, 0.05) is 0 Å². The molecule has 112 valence electrons. The van der Waals surface area contributed by atoms with Gasteiger partial charge in [0.05, 0.1) is 12.1 Å². The predicted octanol–water partition coefficient (Wildman–Crippen LogP) is 2.89. The van der Waals surface area contributed by atoms with Gasteiger partial charge in [0.25, 0.3) is 0 Å². The van der Waals surface area contributed by atoms with Crippen molar-refractivity contribution in [3.05, 3.63) is 34.9 Å². The first-order valence-corrected chi connectivity index (χ1v) is 7.14. The number of amides is 1. The van der Waals surface area contributed by atoms with Crippen LogP contribution >= 0.6 is 12.4 Å². The van der Waals surface area contributed by atoms with Crippen LogP contribution < -0.4 is 11.1 Å². The van der Waals surface area contributed by atoms with Gasteiger partial charge >= 0.3 is 0 Å². The Bertz CT molecular complexity index is 474. The number of benzene rings is 1. The lowest BCUT2D eigenvalue weighted by Crippen LogP contribution is -2.45. The summed E-state index contributed by atoms with van der Waals surface area (Å²) >= 11 is 0. The number of nitrogens with two attached hydrogens (primary N) is 1. The molecule has 0 spiro atoms. The highest BCUT2D eigenvalue weighted by Gasteiger charge is 2.25. The maximum Gasteiger partial charge on any atom is 0.237 e. The van der Waals surface area contributed by atoms with E-state index in [0.717, 1.165) is 19.3 Å². The molecule has 2 rings (SSSR count). The SMILES string of the molecule is Cc1ccc2c(c1)CCC[C@H]2NC(=O)[C@H](N)C(C)C.Cl. The molecule has 1 amide bonds. The van der Waals surface area contributed by atoms with Gasteiger partial charge in [-0.3, -0.25) is 4.79 Å². The number of hydrogen-bond acceptors (Lipinski definition) is 2. The molecule has 0 radical (unpaired) electrons. The van der Waals surface area contributed by atoms with Crippen molar-refractivity contribution in [2.45, 2.75) is 52.1 Å². The summed E-state index contributed by atoms with van der Waals surface area (Å²) in [6.45, 7) is 6.06. The molecule has 0 aliphatic heterocycles. The summed E-state index contributed by atoms with van der Waals surface area (Å²) < 4.78 is 0. The number of fused-ring (bicyclic) bond motifs is 1. The van der Waals surface area contributed by atoms with Crippen LogP contribution in [0.2, 0.25) is 0 Å². The summed E-state index contributed by atoms with van der Waals surface area (Å²) in [5, 5.41) is 3.11. The number of aryl methyl sites for hydroxylation is 2. The smallest absolute Gasteiger partial charge is 0.237 e. The third kappa shape index (κ3) is 3.74. The normalized spacial score (nSPS) is 18.9. The fraction of sp³-hybridized carbons (Fsp3) is 0.562. The van der Waals surface area contributed by atoms with Gasteiger partial charge < -0.3 is 11.1 Å². The highest BCUT2D eigenvalue weighted by molar-refractivity contribution is 5.85. The van der Waals surface area contributed by atoms with Crippen LogP contribution in [0.15, 0.2) is 18.2 Å². The summed E-state index contributed by atoms with van der Waals surface area (Å²) in [6.07, 6.45) is 3.24. The standard InChI is InChI=1S/C16H24N2O.ClH/c1-10(2)15(17)16(19)18-14-6-4-5-12-9-11(3)7-8-13(12)14;/h7-10,14-15H,4-6,17H2,1-3H3,(H,18,19);1H/t14-,15-;/m1./s1. The van der Waals surface area contributed by atoms with Crippen molar-refractivity contribution in [2.24, 2.45) is 11.7 Å². The molecule has 0 bridgehead atoms. The van der Waals surface area contributed by atoms with Crippen molar-refractivity contribution >= 4 is 18.3 Å². The second-order valence-electron chi connectivity index (χ2n) is 5.93. The fourth-order valence-electron chi connectivity index (χ4n) is 2.66. The van der Waals surface area contributed by atoms with Crippen LogP contribution in [-0.2, 0) is 11.2 Å². The molecular weight excluding hydrogens is 272 g/mol. The van der Waals surface area contributed by atoms with Gasteiger partial charge in [-0.15, -0.1) is 12.4 Å². The van der Waals surface area contributed by atoms with E-state index in [1.807, 2.05) is 13.8 Å². The minimum absolute atomic E-state index is 0. The minimum atomic E-state index is -0.421. The Morgan fingerprint density at radius 1 is 1.40 bits per heavy atom. The van der Waals surface area contributed by atoms with Gasteiger partial charge in [0.2, 0.25) is 5.91 Å². The van der Waals surface area contributed by atoms with E-state index in [2.05, 4.69) is 30.4 Å². The molecule has 0 heterocycles. The third-order valence-electron chi connectivity index (χ3n) is 3.95. The molecular formula is C16H25ClN2O. The maximum atomic E-state index is 12.1. The Hall–Kier alpha value is -1.06. The van der Waals surface area contributed by atoms with E-state index >= 15 is 0 Å². The summed E-state index contributed by atoms with van der Waals surface area (Å²) in [5.41, 5.74) is 9.83. The lowest BCUT2D eigenvalue weighted by Gasteiger charge is -2.28. The quantitative estimate of drug-likeness (QED) is 0.901. The van der Waals surface area contributed by atoms with Crippen molar-refractivity contribution in [3.8, 4) is 0 Å². The van der Waals surface area contributed by atoms with E-state index in [4.69, 9.17) is 5.73 Å². The van der Waals surface area contributed by atoms with Gasteiger partial charge in [-0.05, 0) is 43.2 Å². The van der Waals surface area contributed by atoms with E-state index in [1.54, 1.807) is 0 Å². The second-order valence-corrected chi connectivity index (χ2v) is 5.93. The van der Waals surface area contributed by atoms with Gasteiger partial charge in [-0.2, -0.15) is 0 Å². The molecule has 3 nitrogen and oxygen atoms in total. The lowest BCUT2D eigenvalue weighted by molar-refractivity contribution is -0.124. The Morgan fingerprint density at radius 3 is 2.75 bits per heavy atom. The van der Waals surface area contributed by atoms with Crippen molar-refractivity contribution in [1.82, 2.24) is 5.32 Å². The first kappa shape index (κ1) is 17.0. The van der Waals surface area contributed by atoms with Crippen molar-refractivity contribution < 1.29 is 4.79 Å². The monoisotopic (exact) mass is 296 g/mol. The number of carbonyl (C=O) groups is 1. The molecule has 0 unspecified atom stereocenters. The zero-order valence-corrected chi connectivity index (χ0v) is 13.3. The van der Waals surface area contributed by atoms with Gasteiger partial charge in [0.1, 0.15) is 0 Å². The topological polar surface area (TPSA) is 55.1 Å². The van der Waals surface area contributed by atoms with Gasteiger partial charge in [-0.25, -0.2) is 0 Å². The van der Waals surface area contributed by atoms with Gasteiger partial charge in [-0.1, -0.05) is 37.6 Å². The Balaban J connectivity index is 0.00000200. The van der Waals surface area contributed by atoms with E-state index in [0.29, 0.717) is 0 Å². The van der Waals surface area contributed by atoms with E-state index in [9.17, 15) is 4.79 Å². The first-order chi connectivity index (χ1) is 8.99. The van der Waals surface area contributed by atoms with Crippen LogP contribution in [0.25, 0.3) is 0 Å². The van der Waals surface area contributed by atoms with Crippen LogP contribution in [-0.4, -0.2) is 11.9 Å². The largest absolute Gasteiger partial charge is 0.348 e. The van der Waals surface area contributed by atoms with Crippen LogP contribution in [0.5, 0.6) is 0 Å². The maximum absolute atomic E-state index is 12.1. The minimum Gasteiger partial charge on any atom is -0.348 e. The van der Waals surface area contributed by atoms with Crippen LogP contribution in [0, 0.1) is 12.8 Å². The highest BCUT2D eigenvalue weighted by Crippen LogP contribution is 2.30. The predicted molar refractivity (Wildman–Crippen MR) is 85.1 cm³/mol. The lowest BCUT2D eigenvalue weighted by atomic mass is 9.86. The van der Waals surface area contributed by atoms with Crippen molar-refractivity contribution in [3.63, 3.8) is 0 Å². The molecule has 2 atom stereocenters. The van der Waals surface area contributed by atoms with Crippen LogP contribution in [0.3, 0.4) is 0 Å². The number of rotatable bonds is 3. The average Bonchev–Trinajstić information content (AvgIpc) is 2.37. The molecule has 0 saturated heterocycles. The molecule has 4 heteroatoms. The van der Waals surface area contributed by atoms with Gasteiger partial charge in [0.15, 0.2) is 0 Å². The third-order valence-corrected chi connectivity index (χ3v) is 3.95. The summed E-state index contributed by atoms with van der Waals surface area (Å²) in [5.74, 6) is 0.134. The number of carbonyl (C=O) groups excluding carboxylic acids is 1. The first-order valence-electron chi connectivity index (χ1n) is 7.14. The molecule has 1 aromatic carbocycles. The molecule has 1 aliphatic carbocycles. The Morgan fingerprint density at radius 2 is 2.10 bits per heavy atom. The summed E-state index contributed by atoms with van der Waals surface area (Å²) in [6, 6.07) is 6.20. The Kier molecular flexibility index (Phi) is 6.03. The zero-order chi connectivity index (χ0) is 14.0. The van der Waals surface area contributed by atoms with Crippen LogP contribution in [0.1, 0.15) is 49.4 Å². The fourth-order valence-corrected chi connectivity index (χ4v) is 2.66. The molecule has 1 aromatic rings. The van der Waals surface area contributed by atoms with Crippen LogP contribution in [0.4, 0.5) is 0 Å². The van der Waals surface area contributed by atoms with Crippen molar-refractivity contribution in [2.75, 3.05) is 0 Å². The molecule has 3 N–H and O–H groups in total. The number of halogens is 1. The summed E-state index contributed by atoms with van der Waals surface area (Å²) in [7, 11) is 0. The van der Waals surface area contributed by atoms with E-state index < -0.39 is 6.04 Å². The Labute approximate surface area is 127 Å². The molecule has 20 heavy (non-hydrogen) atoms. The highest BCUT2D eigenvalue weighted by atomic mass is 35.5. The molecule has 0 aromatic heterocycles. The summed E-state index contributed by atoms with van der Waals surface area (Å²) in [4.78, 5) is 12.1. The van der Waals surface area contributed by atoms with E-state index in [-0.39, 0.29) is 30.3 Å². The number of hydrogen-bond donors (Lipinski definition) is 2. The average molecular weight is 297 g/mol. The number of nitrogens with one attached hydrogen (secondary N) is 1.